The molecular weight excluding hydrogens is 250 g/mol. The highest BCUT2D eigenvalue weighted by atomic mass is 16.2. The molecule has 1 N–H and O–H groups in total. The summed E-state index contributed by atoms with van der Waals surface area (Å²) in [6, 6.07) is 8.60. The van der Waals surface area contributed by atoms with Crippen LogP contribution in [0.25, 0.3) is 0 Å². The van der Waals surface area contributed by atoms with Crippen LogP contribution in [-0.2, 0) is 11.2 Å². The van der Waals surface area contributed by atoms with E-state index in [-0.39, 0.29) is 11.9 Å². The molecule has 0 saturated carbocycles. The Hall–Kier alpha value is -1.55. The first kappa shape index (κ1) is 13.4. The highest BCUT2D eigenvalue weighted by Gasteiger charge is 2.33. The lowest BCUT2D eigenvalue weighted by Gasteiger charge is -2.40. The van der Waals surface area contributed by atoms with E-state index in [0.717, 1.165) is 38.3 Å². The third kappa shape index (κ3) is 2.40. The number of piperazine rings is 1. The minimum atomic E-state index is -0.0761. The standard InChI is InChI=1S/C16H23N3O/c1-3-18-8-9-19(11-12(18)2)16(20)15-10-13-6-4-5-7-14(13)17-15/h4-7,12,15,17H,3,8-11H2,1-2H3/t12?,15-/m0/s1. The molecule has 4 nitrogen and oxygen atoms in total. The van der Waals surface area contributed by atoms with E-state index in [1.54, 1.807) is 0 Å². The maximum absolute atomic E-state index is 12.7. The van der Waals surface area contributed by atoms with E-state index in [1.165, 1.54) is 5.56 Å². The largest absolute Gasteiger partial charge is 0.373 e. The summed E-state index contributed by atoms with van der Waals surface area (Å²) in [5.41, 5.74) is 2.37. The van der Waals surface area contributed by atoms with Crippen molar-refractivity contribution >= 4 is 11.6 Å². The number of nitrogens with zero attached hydrogens (tertiary/aromatic N) is 2. The van der Waals surface area contributed by atoms with Gasteiger partial charge in [0.1, 0.15) is 6.04 Å². The Kier molecular flexibility index (Phi) is 3.66. The summed E-state index contributed by atoms with van der Waals surface area (Å²) in [5.74, 6) is 0.254. The zero-order chi connectivity index (χ0) is 14.1. The summed E-state index contributed by atoms with van der Waals surface area (Å²) in [5, 5.41) is 3.37. The molecule has 3 rings (SSSR count). The molecule has 1 aromatic carbocycles. The van der Waals surface area contributed by atoms with Crippen LogP contribution >= 0.6 is 0 Å². The first-order valence-electron chi connectivity index (χ1n) is 7.56. The lowest BCUT2D eigenvalue weighted by molar-refractivity contribution is -0.134. The lowest BCUT2D eigenvalue weighted by atomic mass is 10.1. The molecule has 20 heavy (non-hydrogen) atoms. The van der Waals surface area contributed by atoms with Gasteiger partial charge in [-0.05, 0) is 25.1 Å². The minimum Gasteiger partial charge on any atom is -0.373 e. The molecular formula is C16H23N3O. The van der Waals surface area contributed by atoms with Crippen molar-refractivity contribution in [3.63, 3.8) is 0 Å². The molecule has 4 heteroatoms. The Morgan fingerprint density at radius 3 is 2.85 bits per heavy atom. The Balaban J connectivity index is 1.64. The number of nitrogens with one attached hydrogen (secondary N) is 1. The number of carbonyl (C=O) groups is 1. The number of likely N-dealkylation sites (N-methyl/N-ethyl adjacent to an activating group) is 1. The average molecular weight is 273 g/mol. The van der Waals surface area contributed by atoms with Crippen molar-refractivity contribution < 1.29 is 4.79 Å². The zero-order valence-corrected chi connectivity index (χ0v) is 12.3. The fraction of sp³-hybridized carbons (Fsp3) is 0.562. The van der Waals surface area contributed by atoms with E-state index in [1.807, 2.05) is 17.0 Å². The Labute approximate surface area is 120 Å². The van der Waals surface area contributed by atoms with Crippen LogP contribution in [0.4, 0.5) is 5.69 Å². The number of hydrogen-bond donors (Lipinski definition) is 1. The number of amides is 1. The number of benzene rings is 1. The van der Waals surface area contributed by atoms with E-state index >= 15 is 0 Å². The van der Waals surface area contributed by atoms with Gasteiger partial charge in [-0.15, -0.1) is 0 Å². The highest BCUT2D eigenvalue weighted by Crippen LogP contribution is 2.26. The van der Waals surface area contributed by atoms with Crippen LogP contribution in [0, 0.1) is 0 Å². The van der Waals surface area contributed by atoms with E-state index in [9.17, 15) is 4.79 Å². The summed E-state index contributed by atoms with van der Waals surface area (Å²) < 4.78 is 0. The number of para-hydroxylation sites is 1. The van der Waals surface area contributed by atoms with E-state index in [4.69, 9.17) is 0 Å². The van der Waals surface area contributed by atoms with Gasteiger partial charge in [0.2, 0.25) is 5.91 Å². The van der Waals surface area contributed by atoms with Gasteiger partial charge in [-0.25, -0.2) is 0 Å². The molecule has 0 bridgehead atoms. The van der Waals surface area contributed by atoms with Gasteiger partial charge in [0.05, 0.1) is 0 Å². The van der Waals surface area contributed by atoms with Crippen LogP contribution in [0.1, 0.15) is 19.4 Å². The maximum Gasteiger partial charge on any atom is 0.245 e. The molecule has 1 fully saturated rings. The van der Waals surface area contributed by atoms with E-state index in [2.05, 4.69) is 36.2 Å². The molecule has 1 aromatic rings. The number of carbonyl (C=O) groups excluding carboxylic acids is 1. The Bertz CT molecular complexity index is 477. The van der Waals surface area contributed by atoms with Gasteiger partial charge in [0.25, 0.3) is 0 Å². The molecule has 2 atom stereocenters. The first-order valence-corrected chi connectivity index (χ1v) is 7.56. The van der Waals surface area contributed by atoms with Gasteiger partial charge in [-0.1, -0.05) is 25.1 Å². The van der Waals surface area contributed by atoms with Crippen LogP contribution in [0.5, 0.6) is 0 Å². The van der Waals surface area contributed by atoms with Crippen LogP contribution in [-0.4, -0.2) is 54.0 Å². The number of rotatable bonds is 2. The molecule has 2 heterocycles. The monoisotopic (exact) mass is 273 g/mol. The van der Waals surface area contributed by atoms with Crippen molar-refractivity contribution in [1.29, 1.82) is 0 Å². The maximum atomic E-state index is 12.7. The molecule has 108 valence electrons. The van der Waals surface area contributed by atoms with Gasteiger partial charge in [0, 0.05) is 37.8 Å². The van der Waals surface area contributed by atoms with Crippen molar-refractivity contribution in [2.75, 3.05) is 31.5 Å². The van der Waals surface area contributed by atoms with Gasteiger partial charge in [-0.3, -0.25) is 9.69 Å². The van der Waals surface area contributed by atoms with Gasteiger partial charge in [-0.2, -0.15) is 0 Å². The molecule has 0 aromatic heterocycles. The van der Waals surface area contributed by atoms with Crippen LogP contribution < -0.4 is 5.32 Å². The molecule has 1 unspecified atom stereocenters. The van der Waals surface area contributed by atoms with Gasteiger partial charge >= 0.3 is 0 Å². The van der Waals surface area contributed by atoms with Crippen LogP contribution in [0.3, 0.4) is 0 Å². The van der Waals surface area contributed by atoms with Crippen LogP contribution in [0.15, 0.2) is 24.3 Å². The third-order valence-electron chi connectivity index (χ3n) is 4.55. The van der Waals surface area contributed by atoms with Crippen molar-refractivity contribution in [2.45, 2.75) is 32.4 Å². The fourth-order valence-corrected chi connectivity index (χ4v) is 3.33. The van der Waals surface area contributed by atoms with Crippen molar-refractivity contribution in [2.24, 2.45) is 0 Å². The molecule has 1 saturated heterocycles. The summed E-state index contributed by atoms with van der Waals surface area (Å²) in [6.45, 7) is 8.15. The molecule has 2 aliphatic rings. The average Bonchev–Trinajstić information content (AvgIpc) is 2.90. The van der Waals surface area contributed by atoms with E-state index in [0.29, 0.717) is 6.04 Å². The predicted molar refractivity (Wildman–Crippen MR) is 80.8 cm³/mol. The smallest absolute Gasteiger partial charge is 0.245 e. The van der Waals surface area contributed by atoms with Gasteiger partial charge < -0.3 is 10.2 Å². The molecule has 0 aliphatic carbocycles. The first-order chi connectivity index (χ1) is 9.69. The van der Waals surface area contributed by atoms with Crippen molar-refractivity contribution in [3.8, 4) is 0 Å². The molecule has 1 amide bonds. The lowest BCUT2D eigenvalue weighted by Crippen LogP contribution is -2.56. The summed E-state index contributed by atoms with van der Waals surface area (Å²) in [4.78, 5) is 17.1. The molecule has 2 aliphatic heterocycles. The number of fused-ring (bicyclic) bond motifs is 1. The number of hydrogen-bond acceptors (Lipinski definition) is 3. The summed E-state index contributed by atoms with van der Waals surface area (Å²) in [7, 11) is 0. The SMILES string of the molecule is CCN1CCN(C(=O)[C@@H]2Cc3ccccc3N2)CC1C. The molecule has 0 radical (unpaired) electrons. The predicted octanol–water partition coefficient (Wildman–Crippen LogP) is 1.58. The number of anilines is 1. The summed E-state index contributed by atoms with van der Waals surface area (Å²) in [6.07, 6.45) is 0.817. The second-order valence-corrected chi connectivity index (χ2v) is 5.82. The third-order valence-corrected chi connectivity index (χ3v) is 4.55. The normalized spacial score (nSPS) is 26.2. The summed E-state index contributed by atoms with van der Waals surface area (Å²) >= 11 is 0. The van der Waals surface area contributed by atoms with Crippen molar-refractivity contribution in [1.82, 2.24) is 9.80 Å². The topological polar surface area (TPSA) is 35.6 Å². The fourth-order valence-electron chi connectivity index (χ4n) is 3.33. The second kappa shape index (κ2) is 5.44. The minimum absolute atomic E-state index is 0.0761. The molecule has 0 spiro atoms. The van der Waals surface area contributed by atoms with Crippen molar-refractivity contribution in [3.05, 3.63) is 29.8 Å². The quantitative estimate of drug-likeness (QED) is 0.888. The highest BCUT2D eigenvalue weighted by molar-refractivity contribution is 5.87. The van der Waals surface area contributed by atoms with Crippen LogP contribution in [0.2, 0.25) is 0 Å². The zero-order valence-electron chi connectivity index (χ0n) is 12.3. The second-order valence-electron chi connectivity index (χ2n) is 5.82. The van der Waals surface area contributed by atoms with Gasteiger partial charge in [0.15, 0.2) is 0 Å². The Morgan fingerprint density at radius 1 is 1.35 bits per heavy atom. The Morgan fingerprint density at radius 2 is 2.15 bits per heavy atom. The van der Waals surface area contributed by atoms with E-state index < -0.39 is 0 Å².